The standard InChI is InChI=1S/C12H23F2N/c1-12(2,3)9-4-6-10(7-5-9)15-8-11(13)14/h9-11,15H,4-8H2,1-3H3. The molecule has 0 aliphatic heterocycles. The minimum absolute atomic E-state index is 0.148. The van der Waals surface area contributed by atoms with E-state index < -0.39 is 6.43 Å². The van der Waals surface area contributed by atoms with Crippen LogP contribution in [0.3, 0.4) is 0 Å². The predicted octanol–water partition coefficient (Wildman–Crippen LogP) is 3.45. The molecular formula is C12H23F2N. The molecule has 0 bridgehead atoms. The van der Waals surface area contributed by atoms with Crippen molar-refractivity contribution in [2.75, 3.05) is 6.54 Å². The highest BCUT2D eigenvalue weighted by molar-refractivity contribution is 4.83. The van der Waals surface area contributed by atoms with Crippen LogP contribution in [0, 0.1) is 11.3 Å². The lowest BCUT2D eigenvalue weighted by atomic mass is 9.71. The van der Waals surface area contributed by atoms with Crippen LogP contribution in [0.25, 0.3) is 0 Å². The van der Waals surface area contributed by atoms with Crippen molar-refractivity contribution >= 4 is 0 Å². The third kappa shape index (κ3) is 4.45. The summed E-state index contributed by atoms with van der Waals surface area (Å²) in [6.07, 6.45) is 2.23. The summed E-state index contributed by atoms with van der Waals surface area (Å²) >= 11 is 0. The zero-order valence-corrected chi connectivity index (χ0v) is 10.0. The third-order valence-electron chi connectivity index (χ3n) is 3.51. The summed E-state index contributed by atoms with van der Waals surface area (Å²) in [5.41, 5.74) is 0.369. The van der Waals surface area contributed by atoms with E-state index in [1.54, 1.807) is 0 Å². The molecule has 0 aromatic carbocycles. The second-order valence-corrected chi connectivity index (χ2v) is 5.71. The van der Waals surface area contributed by atoms with Crippen molar-refractivity contribution in [1.82, 2.24) is 5.32 Å². The number of halogens is 2. The number of nitrogens with one attached hydrogen (secondary N) is 1. The predicted molar refractivity (Wildman–Crippen MR) is 59.2 cm³/mol. The van der Waals surface area contributed by atoms with Crippen molar-refractivity contribution < 1.29 is 8.78 Å². The summed E-state index contributed by atoms with van der Waals surface area (Å²) in [4.78, 5) is 0. The first-order valence-electron chi connectivity index (χ1n) is 5.91. The molecule has 15 heavy (non-hydrogen) atoms. The van der Waals surface area contributed by atoms with Crippen molar-refractivity contribution in [1.29, 1.82) is 0 Å². The van der Waals surface area contributed by atoms with Gasteiger partial charge < -0.3 is 5.32 Å². The SMILES string of the molecule is CC(C)(C)C1CCC(NCC(F)F)CC1. The zero-order chi connectivity index (χ0) is 11.5. The maximum Gasteiger partial charge on any atom is 0.250 e. The second-order valence-electron chi connectivity index (χ2n) is 5.71. The smallest absolute Gasteiger partial charge is 0.250 e. The van der Waals surface area contributed by atoms with Crippen LogP contribution in [0.1, 0.15) is 46.5 Å². The number of rotatable bonds is 3. The number of alkyl halides is 2. The quantitative estimate of drug-likeness (QED) is 0.766. The first-order valence-corrected chi connectivity index (χ1v) is 5.91. The van der Waals surface area contributed by atoms with Crippen LogP contribution in [0.15, 0.2) is 0 Å². The van der Waals surface area contributed by atoms with E-state index in [1.165, 1.54) is 12.8 Å². The molecule has 0 aromatic rings. The summed E-state index contributed by atoms with van der Waals surface area (Å²) in [5.74, 6) is 0.752. The maximum atomic E-state index is 12.0. The van der Waals surface area contributed by atoms with Gasteiger partial charge in [0, 0.05) is 6.04 Å². The van der Waals surface area contributed by atoms with Gasteiger partial charge in [0.25, 0.3) is 6.43 Å². The lowest BCUT2D eigenvalue weighted by Gasteiger charge is -2.37. The maximum absolute atomic E-state index is 12.0. The Kier molecular flexibility index (Phi) is 4.50. The Morgan fingerprint density at radius 3 is 2.07 bits per heavy atom. The van der Waals surface area contributed by atoms with Gasteiger partial charge >= 0.3 is 0 Å². The van der Waals surface area contributed by atoms with Gasteiger partial charge in [0.15, 0.2) is 0 Å². The van der Waals surface area contributed by atoms with Crippen LogP contribution in [0.2, 0.25) is 0 Å². The Balaban J connectivity index is 2.24. The highest BCUT2D eigenvalue weighted by atomic mass is 19.3. The third-order valence-corrected chi connectivity index (χ3v) is 3.51. The molecular weight excluding hydrogens is 196 g/mol. The summed E-state index contributed by atoms with van der Waals surface area (Å²) in [5, 5.41) is 2.94. The van der Waals surface area contributed by atoms with Gasteiger partial charge in [0.2, 0.25) is 0 Å². The molecule has 1 N–H and O–H groups in total. The van der Waals surface area contributed by atoms with E-state index in [0.717, 1.165) is 18.8 Å². The highest BCUT2D eigenvalue weighted by Crippen LogP contribution is 2.37. The Labute approximate surface area is 91.6 Å². The van der Waals surface area contributed by atoms with Crippen LogP contribution in [0.5, 0.6) is 0 Å². The van der Waals surface area contributed by atoms with Crippen molar-refractivity contribution in [3.63, 3.8) is 0 Å². The molecule has 90 valence electrons. The van der Waals surface area contributed by atoms with E-state index in [-0.39, 0.29) is 6.54 Å². The van der Waals surface area contributed by atoms with Crippen molar-refractivity contribution in [2.45, 2.75) is 58.9 Å². The number of hydrogen-bond acceptors (Lipinski definition) is 1. The molecule has 0 atom stereocenters. The van der Waals surface area contributed by atoms with Crippen molar-refractivity contribution in [2.24, 2.45) is 11.3 Å². The lowest BCUT2D eigenvalue weighted by molar-refractivity contribution is 0.123. The normalized spacial score (nSPS) is 28.4. The monoisotopic (exact) mass is 219 g/mol. The minimum Gasteiger partial charge on any atom is -0.309 e. The van der Waals surface area contributed by atoms with E-state index in [0.29, 0.717) is 11.5 Å². The Hall–Kier alpha value is -0.180. The van der Waals surface area contributed by atoms with Gasteiger partial charge in [-0.2, -0.15) is 0 Å². The first kappa shape index (κ1) is 12.9. The summed E-state index contributed by atoms with van der Waals surface area (Å²) in [6, 6.07) is 0.317. The van der Waals surface area contributed by atoms with Crippen LogP contribution >= 0.6 is 0 Å². The Morgan fingerprint density at radius 2 is 1.67 bits per heavy atom. The molecule has 0 unspecified atom stereocenters. The average Bonchev–Trinajstić information content (AvgIpc) is 2.14. The highest BCUT2D eigenvalue weighted by Gasteiger charge is 2.29. The fourth-order valence-electron chi connectivity index (χ4n) is 2.42. The first-order chi connectivity index (χ1) is 6.89. The molecule has 0 saturated heterocycles. The van der Waals surface area contributed by atoms with Gasteiger partial charge in [-0.05, 0) is 37.0 Å². The average molecular weight is 219 g/mol. The molecule has 0 spiro atoms. The molecule has 0 heterocycles. The summed E-state index contributed by atoms with van der Waals surface area (Å²) in [6.45, 7) is 6.66. The minimum atomic E-state index is -2.22. The second kappa shape index (κ2) is 5.24. The molecule has 3 heteroatoms. The molecule has 1 rings (SSSR count). The number of hydrogen-bond donors (Lipinski definition) is 1. The van der Waals surface area contributed by atoms with E-state index in [9.17, 15) is 8.78 Å². The molecule has 0 radical (unpaired) electrons. The Morgan fingerprint density at radius 1 is 1.13 bits per heavy atom. The molecule has 1 saturated carbocycles. The van der Waals surface area contributed by atoms with Crippen LogP contribution in [-0.4, -0.2) is 19.0 Å². The van der Waals surface area contributed by atoms with Crippen LogP contribution in [0.4, 0.5) is 8.78 Å². The lowest BCUT2D eigenvalue weighted by Crippen LogP contribution is -2.38. The molecule has 1 aliphatic rings. The Bertz CT molecular complexity index is 179. The van der Waals surface area contributed by atoms with E-state index >= 15 is 0 Å². The fraction of sp³-hybridized carbons (Fsp3) is 1.00. The van der Waals surface area contributed by atoms with Gasteiger partial charge in [-0.3, -0.25) is 0 Å². The van der Waals surface area contributed by atoms with Gasteiger partial charge in [0.1, 0.15) is 0 Å². The molecule has 1 fully saturated rings. The van der Waals surface area contributed by atoms with Gasteiger partial charge in [-0.25, -0.2) is 8.78 Å². The van der Waals surface area contributed by atoms with E-state index in [2.05, 4.69) is 26.1 Å². The van der Waals surface area contributed by atoms with E-state index in [1.807, 2.05) is 0 Å². The van der Waals surface area contributed by atoms with Crippen LogP contribution < -0.4 is 5.32 Å². The van der Waals surface area contributed by atoms with Gasteiger partial charge in [0.05, 0.1) is 6.54 Å². The molecule has 1 aliphatic carbocycles. The van der Waals surface area contributed by atoms with Crippen LogP contribution in [-0.2, 0) is 0 Å². The largest absolute Gasteiger partial charge is 0.309 e. The van der Waals surface area contributed by atoms with Gasteiger partial charge in [-0.15, -0.1) is 0 Å². The van der Waals surface area contributed by atoms with E-state index in [4.69, 9.17) is 0 Å². The molecule has 1 nitrogen and oxygen atoms in total. The molecule has 0 amide bonds. The zero-order valence-electron chi connectivity index (χ0n) is 10.0. The molecule has 0 aromatic heterocycles. The fourth-order valence-corrected chi connectivity index (χ4v) is 2.42. The summed E-state index contributed by atoms with van der Waals surface area (Å²) < 4.78 is 24.0. The summed E-state index contributed by atoms with van der Waals surface area (Å²) in [7, 11) is 0. The topological polar surface area (TPSA) is 12.0 Å². The van der Waals surface area contributed by atoms with Crippen molar-refractivity contribution in [3.05, 3.63) is 0 Å². The van der Waals surface area contributed by atoms with Crippen molar-refractivity contribution in [3.8, 4) is 0 Å². The van der Waals surface area contributed by atoms with Gasteiger partial charge in [-0.1, -0.05) is 20.8 Å².